The zero-order chi connectivity index (χ0) is 12.6. The maximum atomic E-state index is 11.7. The van der Waals surface area contributed by atoms with Crippen LogP contribution in [0.1, 0.15) is 26.5 Å². The van der Waals surface area contributed by atoms with Gasteiger partial charge in [0.05, 0.1) is 6.10 Å². The third kappa shape index (κ3) is 2.05. The summed E-state index contributed by atoms with van der Waals surface area (Å²) < 4.78 is 6.96. The van der Waals surface area contributed by atoms with E-state index in [-0.39, 0.29) is 17.8 Å². The van der Waals surface area contributed by atoms with Gasteiger partial charge in [-0.1, -0.05) is 13.8 Å². The first-order valence-electron chi connectivity index (χ1n) is 5.72. The fourth-order valence-electron chi connectivity index (χ4n) is 2.18. The second-order valence-corrected chi connectivity index (χ2v) is 4.37. The molecule has 2 heterocycles. The number of hydrogen-bond donors (Lipinski definition) is 2. The molecule has 0 unspecified atom stereocenters. The fraction of sp³-hybridized carbons (Fsp3) is 0.636. The molecule has 0 spiro atoms. The lowest BCUT2D eigenvalue weighted by molar-refractivity contribution is -0.0403. The summed E-state index contributed by atoms with van der Waals surface area (Å²) in [4.78, 5) is 15.3. The van der Waals surface area contributed by atoms with Gasteiger partial charge in [-0.3, -0.25) is 4.57 Å². The Kier molecular flexibility index (Phi) is 3.17. The van der Waals surface area contributed by atoms with Crippen molar-refractivity contribution in [1.29, 1.82) is 0 Å². The molecule has 0 bridgehead atoms. The van der Waals surface area contributed by atoms with Gasteiger partial charge in [0.15, 0.2) is 6.23 Å². The predicted octanol–water partition coefficient (Wildman–Crippen LogP) is 0.130. The third-order valence-electron chi connectivity index (χ3n) is 3.26. The molecule has 6 heteroatoms. The molecular weight excluding hydrogens is 222 g/mol. The van der Waals surface area contributed by atoms with Crippen molar-refractivity contribution in [3.63, 3.8) is 0 Å². The molecule has 0 amide bonds. The van der Waals surface area contributed by atoms with Crippen LogP contribution in [0.3, 0.4) is 0 Å². The van der Waals surface area contributed by atoms with Crippen LogP contribution in [0.15, 0.2) is 17.1 Å². The lowest BCUT2D eigenvalue weighted by Crippen LogP contribution is -2.33. The van der Waals surface area contributed by atoms with Gasteiger partial charge in [0.25, 0.3) is 0 Å². The van der Waals surface area contributed by atoms with Crippen molar-refractivity contribution in [2.24, 2.45) is 5.92 Å². The number of rotatable bonds is 2. The second kappa shape index (κ2) is 4.46. The van der Waals surface area contributed by atoms with Gasteiger partial charge in [0.1, 0.15) is 11.9 Å². The smallest absolute Gasteiger partial charge is 0.351 e. The van der Waals surface area contributed by atoms with Gasteiger partial charge in [-0.2, -0.15) is 4.98 Å². The highest BCUT2D eigenvalue weighted by Crippen LogP contribution is 2.34. The Hall–Kier alpha value is -1.40. The van der Waals surface area contributed by atoms with Crippen LogP contribution in [0.2, 0.25) is 0 Å². The number of anilines is 1. The average molecular weight is 239 g/mol. The summed E-state index contributed by atoms with van der Waals surface area (Å²) in [5.41, 5.74) is 4.91. The van der Waals surface area contributed by atoms with E-state index in [2.05, 4.69) is 4.98 Å². The van der Waals surface area contributed by atoms with Crippen molar-refractivity contribution < 1.29 is 9.84 Å². The number of nitrogens with zero attached hydrogens (tertiary/aromatic N) is 2. The van der Waals surface area contributed by atoms with Gasteiger partial charge in [-0.05, 0) is 12.5 Å². The molecule has 2 rings (SSSR count). The highest BCUT2D eigenvalue weighted by molar-refractivity contribution is 5.23. The predicted molar refractivity (Wildman–Crippen MR) is 62.3 cm³/mol. The van der Waals surface area contributed by atoms with E-state index in [9.17, 15) is 9.90 Å². The molecule has 0 aromatic carbocycles. The van der Waals surface area contributed by atoms with E-state index in [1.54, 1.807) is 0 Å². The number of aromatic nitrogens is 2. The Balaban J connectivity index is 2.32. The number of aliphatic hydroxyl groups is 1. The second-order valence-electron chi connectivity index (χ2n) is 4.37. The van der Waals surface area contributed by atoms with Crippen LogP contribution in [-0.4, -0.2) is 26.9 Å². The molecule has 17 heavy (non-hydrogen) atoms. The Bertz CT molecular complexity index is 460. The molecule has 3 N–H and O–H groups in total. The van der Waals surface area contributed by atoms with Gasteiger partial charge in [0, 0.05) is 12.1 Å². The quantitative estimate of drug-likeness (QED) is 0.765. The van der Waals surface area contributed by atoms with E-state index in [0.29, 0.717) is 0 Å². The monoisotopic (exact) mass is 239 g/mol. The van der Waals surface area contributed by atoms with Crippen LogP contribution in [0, 0.1) is 5.92 Å². The SMILES string of the molecule is CC[C@H]1O[C@@H](n2ccc(N)nc2=O)[C@H](O)[C@@H]1C. The minimum atomic E-state index is -0.705. The first-order chi connectivity index (χ1) is 8.04. The van der Waals surface area contributed by atoms with Crippen LogP contribution in [-0.2, 0) is 4.74 Å². The summed E-state index contributed by atoms with van der Waals surface area (Å²) in [7, 11) is 0. The van der Waals surface area contributed by atoms with Gasteiger partial charge in [-0.25, -0.2) is 4.79 Å². The molecule has 6 nitrogen and oxygen atoms in total. The van der Waals surface area contributed by atoms with Gasteiger partial charge in [0.2, 0.25) is 0 Å². The maximum Gasteiger partial charge on any atom is 0.351 e. The molecule has 1 aliphatic rings. The van der Waals surface area contributed by atoms with Crippen molar-refractivity contribution in [2.75, 3.05) is 5.73 Å². The molecule has 1 aromatic heterocycles. The van der Waals surface area contributed by atoms with Crippen LogP contribution < -0.4 is 11.4 Å². The third-order valence-corrected chi connectivity index (χ3v) is 3.26. The van der Waals surface area contributed by atoms with Crippen LogP contribution >= 0.6 is 0 Å². The Morgan fingerprint density at radius 2 is 2.35 bits per heavy atom. The minimum Gasteiger partial charge on any atom is -0.388 e. The highest BCUT2D eigenvalue weighted by atomic mass is 16.5. The molecule has 94 valence electrons. The molecule has 4 atom stereocenters. The minimum absolute atomic E-state index is 0.00514. The molecule has 1 aliphatic heterocycles. The normalized spacial score (nSPS) is 32.9. The molecular formula is C11H17N3O3. The topological polar surface area (TPSA) is 90.4 Å². The summed E-state index contributed by atoms with van der Waals surface area (Å²) in [5.74, 6) is 0.160. The van der Waals surface area contributed by atoms with E-state index in [1.807, 2.05) is 13.8 Å². The van der Waals surface area contributed by atoms with Crippen LogP contribution in [0.4, 0.5) is 5.82 Å². The van der Waals surface area contributed by atoms with Crippen molar-refractivity contribution >= 4 is 5.82 Å². The average Bonchev–Trinajstić information content (AvgIpc) is 2.57. The molecule has 1 saturated heterocycles. The summed E-state index contributed by atoms with van der Waals surface area (Å²) in [6.45, 7) is 3.90. The lowest BCUT2D eigenvalue weighted by atomic mass is 9.99. The lowest BCUT2D eigenvalue weighted by Gasteiger charge is -2.17. The molecule has 0 saturated carbocycles. The van der Waals surface area contributed by atoms with Crippen molar-refractivity contribution in [2.45, 2.75) is 38.7 Å². The van der Waals surface area contributed by atoms with Crippen molar-refractivity contribution in [1.82, 2.24) is 9.55 Å². The number of aliphatic hydroxyl groups excluding tert-OH is 1. The van der Waals surface area contributed by atoms with Gasteiger partial charge < -0.3 is 15.6 Å². The fourth-order valence-corrected chi connectivity index (χ4v) is 2.18. The summed E-state index contributed by atoms with van der Waals surface area (Å²) in [6.07, 6.45) is 0.882. The number of ether oxygens (including phenoxy) is 1. The van der Waals surface area contributed by atoms with Gasteiger partial charge in [-0.15, -0.1) is 0 Å². The Morgan fingerprint density at radius 3 is 2.88 bits per heavy atom. The molecule has 1 fully saturated rings. The number of nitrogen functional groups attached to an aromatic ring is 1. The molecule has 0 radical (unpaired) electrons. The van der Waals surface area contributed by atoms with Gasteiger partial charge >= 0.3 is 5.69 Å². The molecule has 0 aliphatic carbocycles. The number of nitrogens with two attached hydrogens (primary N) is 1. The number of hydrogen-bond acceptors (Lipinski definition) is 5. The standard InChI is InChI=1S/C11H17N3O3/c1-3-7-6(2)9(15)10(17-7)14-5-4-8(12)13-11(14)16/h4-7,9-10,15H,3H2,1-2H3,(H2,12,13,16)/t6-,7-,9-,10-/m1/s1. The largest absolute Gasteiger partial charge is 0.388 e. The first kappa shape index (κ1) is 12.1. The van der Waals surface area contributed by atoms with Crippen molar-refractivity contribution in [3.8, 4) is 0 Å². The Morgan fingerprint density at radius 1 is 1.65 bits per heavy atom. The Labute approximate surface area is 99.0 Å². The van der Waals surface area contributed by atoms with Crippen LogP contribution in [0.5, 0.6) is 0 Å². The van der Waals surface area contributed by atoms with E-state index >= 15 is 0 Å². The van der Waals surface area contributed by atoms with E-state index < -0.39 is 18.0 Å². The zero-order valence-corrected chi connectivity index (χ0v) is 9.91. The van der Waals surface area contributed by atoms with E-state index in [4.69, 9.17) is 10.5 Å². The highest BCUT2D eigenvalue weighted by Gasteiger charge is 2.41. The molecule has 1 aromatic rings. The first-order valence-corrected chi connectivity index (χ1v) is 5.72. The summed E-state index contributed by atoms with van der Waals surface area (Å²) in [6, 6.07) is 1.52. The van der Waals surface area contributed by atoms with Crippen LogP contribution in [0.25, 0.3) is 0 Å². The summed E-state index contributed by atoms with van der Waals surface area (Å²) in [5, 5.41) is 10.1. The van der Waals surface area contributed by atoms with E-state index in [1.165, 1.54) is 16.8 Å². The maximum absolute atomic E-state index is 11.7. The zero-order valence-electron chi connectivity index (χ0n) is 9.91. The van der Waals surface area contributed by atoms with E-state index in [0.717, 1.165) is 6.42 Å². The summed E-state index contributed by atoms with van der Waals surface area (Å²) >= 11 is 0. The van der Waals surface area contributed by atoms with Crippen molar-refractivity contribution in [3.05, 3.63) is 22.7 Å².